The number of benzene rings is 1. The van der Waals surface area contributed by atoms with E-state index in [0.717, 1.165) is 29.1 Å². The molecule has 1 aliphatic heterocycles. The number of rotatable bonds is 2. The molecule has 2 N–H and O–H groups in total. The zero-order valence-corrected chi connectivity index (χ0v) is 14.4. The fraction of sp³-hybridized carbons (Fsp3) is 0.235. The van der Waals surface area contributed by atoms with Gasteiger partial charge in [-0.3, -0.25) is 9.78 Å². The lowest BCUT2D eigenvalue weighted by Gasteiger charge is -2.27. The topological polar surface area (TPSA) is 78.8 Å². The Balaban J connectivity index is 1.55. The first-order valence-corrected chi connectivity index (χ1v) is 8.35. The number of nitrogens with zero attached hydrogens (tertiary/aromatic N) is 4. The molecule has 2 aromatic heterocycles. The fourth-order valence-electron chi connectivity index (χ4n) is 3.06. The van der Waals surface area contributed by atoms with Crippen LogP contribution in [0.3, 0.4) is 0 Å². The van der Waals surface area contributed by atoms with Crippen LogP contribution >= 0.6 is 11.6 Å². The zero-order valence-electron chi connectivity index (χ0n) is 13.7. The van der Waals surface area contributed by atoms with Gasteiger partial charge in [0, 0.05) is 48.2 Å². The SMILES string of the molecule is Cn1nccc1-c1n[nH]c2c1CN(C(=O)Nc1cccc(Cl)c1)CC2. The summed E-state index contributed by atoms with van der Waals surface area (Å²) in [6, 6.07) is 8.90. The van der Waals surface area contributed by atoms with Gasteiger partial charge in [0.25, 0.3) is 0 Å². The third-order valence-electron chi connectivity index (χ3n) is 4.36. The molecule has 2 amide bonds. The number of nitrogens with one attached hydrogen (secondary N) is 2. The Morgan fingerprint density at radius 3 is 3.00 bits per heavy atom. The second kappa shape index (κ2) is 6.25. The molecule has 0 radical (unpaired) electrons. The smallest absolute Gasteiger partial charge is 0.320 e. The number of aryl methyl sites for hydroxylation is 1. The van der Waals surface area contributed by atoms with E-state index in [4.69, 9.17) is 11.6 Å². The molecule has 0 spiro atoms. The number of aromatic nitrogens is 4. The van der Waals surface area contributed by atoms with Crippen molar-refractivity contribution in [3.63, 3.8) is 0 Å². The van der Waals surface area contributed by atoms with Gasteiger partial charge in [0.2, 0.25) is 0 Å². The highest BCUT2D eigenvalue weighted by Crippen LogP contribution is 2.28. The van der Waals surface area contributed by atoms with Gasteiger partial charge >= 0.3 is 6.03 Å². The van der Waals surface area contributed by atoms with Crippen LogP contribution in [-0.2, 0) is 20.0 Å². The maximum absolute atomic E-state index is 12.6. The van der Waals surface area contributed by atoms with Gasteiger partial charge in [0.15, 0.2) is 0 Å². The van der Waals surface area contributed by atoms with Gasteiger partial charge in [-0.1, -0.05) is 17.7 Å². The van der Waals surface area contributed by atoms with Gasteiger partial charge < -0.3 is 10.2 Å². The molecule has 7 nitrogen and oxygen atoms in total. The normalized spacial score (nSPS) is 13.6. The Morgan fingerprint density at radius 1 is 1.36 bits per heavy atom. The number of hydrogen-bond donors (Lipinski definition) is 2. The largest absolute Gasteiger partial charge is 0.322 e. The van der Waals surface area contributed by atoms with Gasteiger partial charge in [-0.2, -0.15) is 10.2 Å². The van der Waals surface area contributed by atoms with E-state index in [1.54, 1.807) is 27.9 Å². The molecule has 0 atom stereocenters. The van der Waals surface area contributed by atoms with Crippen molar-refractivity contribution < 1.29 is 4.79 Å². The van der Waals surface area contributed by atoms with Gasteiger partial charge in [0.1, 0.15) is 5.69 Å². The van der Waals surface area contributed by atoms with Crippen molar-refractivity contribution in [3.8, 4) is 11.4 Å². The highest BCUT2D eigenvalue weighted by Gasteiger charge is 2.26. The van der Waals surface area contributed by atoms with E-state index in [0.29, 0.717) is 23.8 Å². The van der Waals surface area contributed by atoms with E-state index < -0.39 is 0 Å². The number of urea groups is 1. The molecule has 4 rings (SSSR count). The second-order valence-electron chi connectivity index (χ2n) is 5.98. The molecule has 1 aromatic carbocycles. The molecule has 25 heavy (non-hydrogen) atoms. The Kier molecular flexibility index (Phi) is 3.93. The summed E-state index contributed by atoms with van der Waals surface area (Å²) in [5.41, 5.74) is 4.56. The van der Waals surface area contributed by atoms with E-state index >= 15 is 0 Å². The van der Waals surface area contributed by atoms with Crippen molar-refractivity contribution in [2.45, 2.75) is 13.0 Å². The van der Waals surface area contributed by atoms with Crippen LogP contribution in [0.4, 0.5) is 10.5 Å². The van der Waals surface area contributed by atoms with Crippen molar-refractivity contribution in [1.82, 2.24) is 24.9 Å². The molecule has 8 heteroatoms. The van der Waals surface area contributed by atoms with E-state index in [-0.39, 0.29) is 6.03 Å². The summed E-state index contributed by atoms with van der Waals surface area (Å²) in [6.45, 7) is 1.13. The molecule has 3 aromatic rings. The lowest BCUT2D eigenvalue weighted by Crippen LogP contribution is -2.38. The predicted octanol–water partition coefficient (Wildman–Crippen LogP) is 3.05. The van der Waals surface area contributed by atoms with Crippen LogP contribution in [0.5, 0.6) is 0 Å². The minimum atomic E-state index is -0.148. The molecule has 0 saturated heterocycles. The molecule has 0 aliphatic carbocycles. The van der Waals surface area contributed by atoms with Crippen LogP contribution in [0, 0.1) is 0 Å². The molecule has 0 bridgehead atoms. The third kappa shape index (κ3) is 2.98. The number of carbonyl (C=O) groups is 1. The van der Waals surface area contributed by atoms with Crippen molar-refractivity contribution in [1.29, 1.82) is 0 Å². The van der Waals surface area contributed by atoms with Gasteiger partial charge in [-0.15, -0.1) is 0 Å². The molecule has 3 heterocycles. The molecule has 0 fully saturated rings. The first-order chi connectivity index (χ1) is 12.1. The van der Waals surface area contributed by atoms with Crippen molar-refractivity contribution >= 4 is 23.3 Å². The quantitative estimate of drug-likeness (QED) is 0.740. The second-order valence-corrected chi connectivity index (χ2v) is 6.42. The lowest BCUT2D eigenvalue weighted by atomic mass is 10.0. The summed E-state index contributed by atoms with van der Waals surface area (Å²) in [6.07, 6.45) is 2.48. The summed E-state index contributed by atoms with van der Waals surface area (Å²) >= 11 is 5.97. The zero-order chi connectivity index (χ0) is 17.4. The maximum Gasteiger partial charge on any atom is 0.322 e. The highest BCUT2D eigenvalue weighted by atomic mass is 35.5. The van der Waals surface area contributed by atoms with E-state index in [1.807, 2.05) is 25.2 Å². The monoisotopic (exact) mass is 356 g/mol. The summed E-state index contributed by atoms with van der Waals surface area (Å²) < 4.78 is 1.78. The summed E-state index contributed by atoms with van der Waals surface area (Å²) in [5.74, 6) is 0. The number of H-pyrrole nitrogens is 1. The van der Waals surface area contributed by atoms with E-state index in [2.05, 4.69) is 20.6 Å². The first-order valence-electron chi connectivity index (χ1n) is 7.98. The average Bonchev–Trinajstić information content (AvgIpc) is 3.19. The van der Waals surface area contributed by atoms with Crippen LogP contribution in [0.2, 0.25) is 5.02 Å². The molecule has 128 valence electrons. The molecular weight excluding hydrogens is 340 g/mol. The third-order valence-corrected chi connectivity index (χ3v) is 4.60. The number of hydrogen-bond acceptors (Lipinski definition) is 3. The average molecular weight is 357 g/mol. The van der Waals surface area contributed by atoms with Crippen LogP contribution < -0.4 is 5.32 Å². The van der Waals surface area contributed by atoms with Gasteiger partial charge in [-0.05, 0) is 24.3 Å². The van der Waals surface area contributed by atoms with Gasteiger partial charge in [-0.25, -0.2) is 4.79 Å². The standard InChI is InChI=1S/C17H17ClN6O/c1-23-15(5-7-19-23)16-13-10-24(8-6-14(13)21-22-16)17(25)20-12-4-2-3-11(18)9-12/h2-5,7,9H,6,8,10H2,1H3,(H,20,25)(H,21,22). The van der Waals surface area contributed by atoms with Crippen LogP contribution in [0.25, 0.3) is 11.4 Å². The van der Waals surface area contributed by atoms with E-state index in [9.17, 15) is 4.79 Å². The fourth-order valence-corrected chi connectivity index (χ4v) is 3.25. The lowest BCUT2D eigenvalue weighted by molar-refractivity contribution is 0.206. The number of anilines is 1. The number of amides is 2. The van der Waals surface area contributed by atoms with Gasteiger partial charge in [0.05, 0.1) is 12.2 Å². The van der Waals surface area contributed by atoms with Crippen LogP contribution in [-0.4, -0.2) is 37.5 Å². The number of aromatic amines is 1. The molecule has 0 unspecified atom stereocenters. The van der Waals surface area contributed by atoms with E-state index in [1.165, 1.54) is 0 Å². The maximum atomic E-state index is 12.6. The Morgan fingerprint density at radius 2 is 2.24 bits per heavy atom. The number of halogens is 1. The highest BCUT2D eigenvalue weighted by molar-refractivity contribution is 6.30. The minimum Gasteiger partial charge on any atom is -0.320 e. The van der Waals surface area contributed by atoms with Crippen LogP contribution in [0.15, 0.2) is 36.5 Å². The minimum absolute atomic E-state index is 0.148. The molecule has 0 saturated carbocycles. The Labute approximate surface area is 149 Å². The number of carbonyl (C=O) groups excluding carboxylic acids is 1. The van der Waals surface area contributed by atoms with Crippen molar-refractivity contribution in [3.05, 3.63) is 52.8 Å². The summed E-state index contributed by atoms with van der Waals surface area (Å²) in [5, 5.41) is 15.2. The Bertz CT molecular complexity index is 931. The van der Waals surface area contributed by atoms with Crippen molar-refractivity contribution in [2.24, 2.45) is 7.05 Å². The van der Waals surface area contributed by atoms with Crippen LogP contribution in [0.1, 0.15) is 11.3 Å². The Hall–Kier alpha value is -2.80. The first kappa shape index (κ1) is 15.7. The molecular formula is C17H17ClN6O. The predicted molar refractivity (Wildman–Crippen MR) is 95.4 cm³/mol. The van der Waals surface area contributed by atoms with Crippen molar-refractivity contribution in [2.75, 3.05) is 11.9 Å². The summed E-state index contributed by atoms with van der Waals surface area (Å²) in [7, 11) is 1.88. The number of fused-ring (bicyclic) bond motifs is 1. The molecule has 1 aliphatic rings. The summed E-state index contributed by atoms with van der Waals surface area (Å²) in [4.78, 5) is 14.4.